The van der Waals surface area contributed by atoms with Crippen LogP contribution < -0.4 is 4.72 Å². The standard InChI is InChI=1S/C13H20N2O3S/c1-4-15(5-2)13(16)11(3)14-19(17,18)12-9-7-6-8-10-12/h6-11,14H,4-5H2,1-3H3/t11-/m1/s1. The van der Waals surface area contributed by atoms with Crippen LogP contribution in [0.25, 0.3) is 0 Å². The van der Waals surface area contributed by atoms with E-state index in [1.807, 2.05) is 13.8 Å². The molecule has 0 saturated heterocycles. The van der Waals surface area contributed by atoms with Crippen LogP contribution in [0.4, 0.5) is 0 Å². The van der Waals surface area contributed by atoms with E-state index < -0.39 is 16.1 Å². The van der Waals surface area contributed by atoms with E-state index in [9.17, 15) is 13.2 Å². The summed E-state index contributed by atoms with van der Waals surface area (Å²) in [4.78, 5) is 13.8. The summed E-state index contributed by atoms with van der Waals surface area (Å²) >= 11 is 0. The van der Waals surface area contributed by atoms with Crippen LogP contribution in [0.5, 0.6) is 0 Å². The summed E-state index contributed by atoms with van der Waals surface area (Å²) in [5, 5.41) is 0. The first kappa shape index (κ1) is 15.7. The van der Waals surface area contributed by atoms with Crippen molar-refractivity contribution >= 4 is 15.9 Å². The number of sulfonamides is 1. The van der Waals surface area contributed by atoms with Crippen LogP contribution >= 0.6 is 0 Å². The SMILES string of the molecule is CCN(CC)C(=O)[C@@H](C)NS(=O)(=O)c1ccccc1. The fraction of sp³-hybridized carbons (Fsp3) is 0.462. The highest BCUT2D eigenvalue weighted by Crippen LogP contribution is 2.08. The zero-order valence-corrected chi connectivity index (χ0v) is 12.3. The Morgan fingerprint density at radius 2 is 1.74 bits per heavy atom. The van der Waals surface area contributed by atoms with Crippen LogP contribution in [0.15, 0.2) is 35.2 Å². The fourth-order valence-electron chi connectivity index (χ4n) is 1.76. The van der Waals surface area contributed by atoms with Gasteiger partial charge in [-0.15, -0.1) is 0 Å². The van der Waals surface area contributed by atoms with Gasteiger partial charge in [-0.05, 0) is 32.9 Å². The molecule has 1 aromatic carbocycles. The van der Waals surface area contributed by atoms with Gasteiger partial charge < -0.3 is 4.90 Å². The molecule has 106 valence electrons. The van der Waals surface area contributed by atoms with E-state index >= 15 is 0 Å². The monoisotopic (exact) mass is 284 g/mol. The highest BCUT2D eigenvalue weighted by Gasteiger charge is 2.24. The second-order valence-electron chi connectivity index (χ2n) is 4.17. The van der Waals surface area contributed by atoms with Gasteiger partial charge in [0, 0.05) is 13.1 Å². The summed E-state index contributed by atoms with van der Waals surface area (Å²) in [5.74, 6) is -0.218. The number of rotatable bonds is 6. The molecule has 0 heterocycles. The molecule has 6 heteroatoms. The Morgan fingerprint density at radius 1 is 1.21 bits per heavy atom. The summed E-state index contributed by atoms with van der Waals surface area (Å²) in [6.07, 6.45) is 0. The molecule has 0 aromatic heterocycles. The molecule has 5 nitrogen and oxygen atoms in total. The lowest BCUT2D eigenvalue weighted by Crippen LogP contribution is -2.46. The summed E-state index contributed by atoms with van der Waals surface area (Å²) in [6.45, 7) is 6.40. The molecule has 0 aliphatic carbocycles. The largest absolute Gasteiger partial charge is 0.342 e. The molecule has 0 saturated carbocycles. The van der Waals surface area contributed by atoms with Gasteiger partial charge >= 0.3 is 0 Å². The highest BCUT2D eigenvalue weighted by molar-refractivity contribution is 7.89. The average Bonchev–Trinajstić information content (AvgIpc) is 2.40. The molecule has 0 unspecified atom stereocenters. The molecule has 0 aliphatic heterocycles. The van der Waals surface area contributed by atoms with Crippen molar-refractivity contribution in [2.75, 3.05) is 13.1 Å². The number of nitrogens with zero attached hydrogens (tertiary/aromatic N) is 1. The minimum Gasteiger partial charge on any atom is -0.342 e. The van der Waals surface area contributed by atoms with E-state index in [2.05, 4.69) is 4.72 Å². The van der Waals surface area contributed by atoms with Crippen molar-refractivity contribution in [3.63, 3.8) is 0 Å². The fourth-order valence-corrected chi connectivity index (χ4v) is 2.98. The highest BCUT2D eigenvalue weighted by atomic mass is 32.2. The van der Waals surface area contributed by atoms with Crippen LogP contribution in [-0.2, 0) is 14.8 Å². The maximum Gasteiger partial charge on any atom is 0.241 e. The molecule has 0 bridgehead atoms. The molecule has 1 aromatic rings. The summed E-state index contributed by atoms with van der Waals surface area (Å²) in [5.41, 5.74) is 0. The van der Waals surface area contributed by atoms with Crippen LogP contribution in [0, 0.1) is 0 Å². The van der Waals surface area contributed by atoms with Crippen LogP contribution in [-0.4, -0.2) is 38.4 Å². The molecule has 1 atom stereocenters. The number of likely N-dealkylation sites (N-methyl/N-ethyl adjacent to an activating group) is 1. The summed E-state index contributed by atoms with van der Waals surface area (Å²) in [6, 6.07) is 7.25. The van der Waals surface area contributed by atoms with Crippen molar-refractivity contribution in [2.45, 2.75) is 31.7 Å². The molecular formula is C13H20N2O3S. The number of nitrogens with one attached hydrogen (secondary N) is 1. The maximum atomic E-state index is 12.1. The predicted octanol–water partition coefficient (Wildman–Crippen LogP) is 1.22. The lowest BCUT2D eigenvalue weighted by atomic mass is 10.3. The smallest absolute Gasteiger partial charge is 0.241 e. The molecule has 1 N–H and O–H groups in total. The van der Waals surface area contributed by atoms with E-state index in [1.54, 1.807) is 30.0 Å². The van der Waals surface area contributed by atoms with Gasteiger partial charge in [0.05, 0.1) is 10.9 Å². The first-order valence-electron chi connectivity index (χ1n) is 6.28. The van der Waals surface area contributed by atoms with Gasteiger partial charge in [0.1, 0.15) is 0 Å². The van der Waals surface area contributed by atoms with Gasteiger partial charge in [0.25, 0.3) is 0 Å². The predicted molar refractivity (Wildman–Crippen MR) is 74.2 cm³/mol. The van der Waals surface area contributed by atoms with Gasteiger partial charge in [0.15, 0.2) is 0 Å². The Morgan fingerprint density at radius 3 is 2.21 bits per heavy atom. The van der Waals surface area contributed by atoms with Gasteiger partial charge in [-0.25, -0.2) is 8.42 Å². The van der Waals surface area contributed by atoms with Crippen molar-refractivity contribution in [3.05, 3.63) is 30.3 Å². The van der Waals surface area contributed by atoms with Crippen molar-refractivity contribution < 1.29 is 13.2 Å². The lowest BCUT2D eigenvalue weighted by Gasteiger charge is -2.23. The van der Waals surface area contributed by atoms with Crippen LogP contribution in [0.1, 0.15) is 20.8 Å². The third-order valence-electron chi connectivity index (χ3n) is 2.83. The number of carbonyl (C=O) groups excluding carboxylic acids is 1. The quantitative estimate of drug-likeness (QED) is 0.854. The first-order chi connectivity index (χ1) is 8.92. The second kappa shape index (κ2) is 6.68. The Hall–Kier alpha value is -1.40. The van der Waals surface area contributed by atoms with Gasteiger partial charge in [-0.3, -0.25) is 4.79 Å². The Balaban J connectivity index is 2.82. The number of hydrogen-bond acceptors (Lipinski definition) is 3. The minimum atomic E-state index is -3.65. The Labute approximate surface area is 114 Å². The van der Waals surface area contributed by atoms with E-state index in [4.69, 9.17) is 0 Å². The third-order valence-corrected chi connectivity index (χ3v) is 4.39. The topological polar surface area (TPSA) is 66.5 Å². The second-order valence-corrected chi connectivity index (χ2v) is 5.88. The molecular weight excluding hydrogens is 264 g/mol. The van der Waals surface area contributed by atoms with Crippen LogP contribution in [0.3, 0.4) is 0 Å². The van der Waals surface area contributed by atoms with Crippen molar-refractivity contribution in [3.8, 4) is 0 Å². The molecule has 1 rings (SSSR count). The Bertz CT molecular complexity index is 510. The van der Waals surface area contributed by atoms with Crippen LogP contribution in [0.2, 0.25) is 0 Å². The van der Waals surface area contributed by atoms with Crippen molar-refractivity contribution in [1.29, 1.82) is 0 Å². The van der Waals surface area contributed by atoms with Gasteiger partial charge in [0.2, 0.25) is 15.9 Å². The minimum absolute atomic E-state index is 0.161. The van der Waals surface area contributed by atoms with Crippen molar-refractivity contribution in [2.24, 2.45) is 0 Å². The third kappa shape index (κ3) is 4.04. The number of hydrogen-bond donors (Lipinski definition) is 1. The normalized spacial score (nSPS) is 13.0. The number of amides is 1. The lowest BCUT2D eigenvalue weighted by molar-refractivity contribution is -0.132. The van der Waals surface area contributed by atoms with Gasteiger partial charge in [-0.2, -0.15) is 4.72 Å². The average molecular weight is 284 g/mol. The molecule has 0 radical (unpaired) electrons. The molecule has 0 spiro atoms. The summed E-state index contributed by atoms with van der Waals surface area (Å²) in [7, 11) is -3.65. The zero-order valence-electron chi connectivity index (χ0n) is 11.5. The molecule has 0 fully saturated rings. The first-order valence-corrected chi connectivity index (χ1v) is 7.76. The van der Waals surface area contributed by atoms with E-state index in [0.29, 0.717) is 13.1 Å². The number of benzene rings is 1. The zero-order chi connectivity index (χ0) is 14.5. The van der Waals surface area contributed by atoms with E-state index in [-0.39, 0.29) is 10.8 Å². The molecule has 1 amide bonds. The summed E-state index contributed by atoms with van der Waals surface area (Å²) < 4.78 is 26.5. The van der Waals surface area contributed by atoms with Crippen molar-refractivity contribution in [1.82, 2.24) is 9.62 Å². The maximum absolute atomic E-state index is 12.1. The van der Waals surface area contributed by atoms with E-state index in [0.717, 1.165) is 0 Å². The molecule has 19 heavy (non-hydrogen) atoms. The number of carbonyl (C=O) groups is 1. The van der Waals surface area contributed by atoms with E-state index in [1.165, 1.54) is 12.1 Å². The molecule has 0 aliphatic rings. The van der Waals surface area contributed by atoms with Gasteiger partial charge in [-0.1, -0.05) is 18.2 Å². The Kier molecular flexibility index (Phi) is 5.50.